The summed E-state index contributed by atoms with van der Waals surface area (Å²) in [6.45, 7) is 1.77. The van der Waals surface area contributed by atoms with E-state index in [0.29, 0.717) is 33.2 Å². The van der Waals surface area contributed by atoms with Gasteiger partial charge in [-0.3, -0.25) is 14.6 Å². The van der Waals surface area contributed by atoms with Crippen LogP contribution in [0.1, 0.15) is 18.4 Å². The molecule has 7 nitrogen and oxygen atoms in total. The summed E-state index contributed by atoms with van der Waals surface area (Å²) in [5, 5.41) is 19.4. The second kappa shape index (κ2) is 11.3. The number of nitrogens with one attached hydrogen (secondary N) is 3. The van der Waals surface area contributed by atoms with Crippen molar-refractivity contribution in [3.8, 4) is 6.07 Å². The van der Waals surface area contributed by atoms with Gasteiger partial charge in [0.15, 0.2) is 0 Å². The van der Waals surface area contributed by atoms with Crippen LogP contribution < -0.4 is 16.0 Å². The van der Waals surface area contributed by atoms with Crippen LogP contribution >= 0.6 is 11.8 Å². The fourth-order valence-electron chi connectivity index (χ4n) is 3.80. The number of allylic oxidation sites excluding steroid dienone is 2. The zero-order valence-electron chi connectivity index (χ0n) is 19.3. The standard InChI is InChI=1S/C27H22FN5O2S/c1-17-24(26(35)33-20-5-3-2-4-6-20)25(18-11-13-30-14-12-18)22(15-29)27(31-17)36-16-23(34)32-21-9-7-19(28)8-10-21/h2-14,25,31H,16H2,1H3,(H,32,34)(H,33,35)/t25-/m1/s1. The molecular weight excluding hydrogens is 477 g/mol. The molecule has 2 aromatic carbocycles. The molecule has 4 rings (SSSR count). The number of nitriles is 1. The van der Waals surface area contributed by atoms with E-state index in [0.717, 1.165) is 17.3 Å². The molecule has 1 aliphatic heterocycles. The van der Waals surface area contributed by atoms with Crippen LogP contribution in [0.25, 0.3) is 0 Å². The van der Waals surface area contributed by atoms with Gasteiger partial charge in [-0.05, 0) is 61.0 Å². The third kappa shape index (κ3) is 5.79. The van der Waals surface area contributed by atoms with E-state index in [2.05, 4.69) is 27.0 Å². The lowest BCUT2D eigenvalue weighted by Gasteiger charge is -2.29. The molecule has 0 saturated heterocycles. The highest BCUT2D eigenvalue weighted by atomic mass is 32.2. The Labute approximate surface area is 212 Å². The summed E-state index contributed by atoms with van der Waals surface area (Å²) < 4.78 is 13.1. The molecular formula is C27H22FN5O2S. The van der Waals surface area contributed by atoms with Gasteiger partial charge in [0.05, 0.1) is 28.3 Å². The minimum absolute atomic E-state index is 0.00673. The monoisotopic (exact) mass is 499 g/mol. The lowest BCUT2D eigenvalue weighted by atomic mass is 9.82. The summed E-state index contributed by atoms with van der Waals surface area (Å²) in [5.41, 5.74) is 3.14. The van der Waals surface area contributed by atoms with Crippen LogP contribution in [0.4, 0.5) is 15.8 Å². The Kier molecular flexibility index (Phi) is 7.78. The van der Waals surface area contributed by atoms with Gasteiger partial charge in [-0.15, -0.1) is 0 Å². The summed E-state index contributed by atoms with van der Waals surface area (Å²) in [5.74, 6) is -1.68. The minimum Gasteiger partial charge on any atom is -0.353 e. The zero-order valence-corrected chi connectivity index (χ0v) is 20.1. The van der Waals surface area contributed by atoms with Crippen LogP contribution in [0.15, 0.2) is 101 Å². The van der Waals surface area contributed by atoms with Crippen molar-refractivity contribution in [3.05, 3.63) is 112 Å². The molecule has 2 heterocycles. The molecule has 180 valence electrons. The number of aromatic nitrogens is 1. The van der Waals surface area contributed by atoms with Crippen LogP contribution in [-0.2, 0) is 9.59 Å². The highest BCUT2D eigenvalue weighted by Crippen LogP contribution is 2.40. The number of nitrogens with zero attached hydrogens (tertiary/aromatic N) is 2. The Morgan fingerprint density at radius 2 is 1.69 bits per heavy atom. The third-order valence-corrected chi connectivity index (χ3v) is 6.46. The predicted molar refractivity (Wildman–Crippen MR) is 138 cm³/mol. The lowest BCUT2D eigenvalue weighted by Crippen LogP contribution is -2.31. The number of amides is 2. The smallest absolute Gasteiger partial charge is 0.254 e. The number of benzene rings is 2. The van der Waals surface area contributed by atoms with E-state index >= 15 is 0 Å². The maximum absolute atomic E-state index is 13.4. The van der Waals surface area contributed by atoms with Crippen molar-refractivity contribution in [2.75, 3.05) is 16.4 Å². The number of hydrogen-bond donors (Lipinski definition) is 3. The molecule has 36 heavy (non-hydrogen) atoms. The molecule has 1 aliphatic rings. The molecule has 3 N–H and O–H groups in total. The third-order valence-electron chi connectivity index (χ3n) is 5.44. The van der Waals surface area contributed by atoms with Crippen molar-refractivity contribution in [3.63, 3.8) is 0 Å². The predicted octanol–water partition coefficient (Wildman–Crippen LogP) is 4.93. The normalized spacial score (nSPS) is 15.1. The maximum Gasteiger partial charge on any atom is 0.254 e. The molecule has 3 aromatic rings. The molecule has 2 amide bonds. The second-order valence-electron chi connectivity index (χ2n) is 7.90. The van der Waals surface area contributed by atoms with Gasteiger partial charge in [0.1, 0.15) is 5.82 Å². The Morgan fingerprint density at radius 1 is 1.03 bits per heavy atom. The molecule has 0 aliphatic carbocycles. The highest BCUT2D eigenvalue weighted by molar-refractivity contribution is 8.03. The number of carbonyl (C=O) groups is 2. The quantitative estimate of drug-likeness (QED) is 0.426. The van der Waals surface area contributed by atoms with Gasteiger partial charge in [0.25, 0.3) is 5.91 Å². The van der Waals surface area contributed by atoms with Crippen LogP contribution in [0.3, 0.4) is 0 Å². The van der Waals surface area contributed by atoms with Gasteiger partial charge in [0.2, 0.25) is 5.91 Å². The molecule has 0 bridgehead atoms. The first-order valence-corrected chi connectivity index (χ1v) is 12.0. The summed E-state index contributed by atoms with van der Waals surface area (Å²) in [6, 6.07) is 20.3. The van der Waals surface area contributed by atoms with E-state index in [1.165, 1.54) is 24.3 Å². The van der Waals surface area contributed by atoms with Crippen LogP contribution in [0.5, 0.6) is 0 Å². The summed E-state index contributed by atoms with van der Waals surface area (Å²) in [7, 11) is 0. The molecule has 1 aromatic heterocycles. The number of anilines is 2. The van der Waals surface area contributed by atoms with Gasteiger partial charge >= 0.3 is 0 Å². The first-order chi connectivity index (χ1) is 17.5. The van der Waals surface area contributed by atoms with E-state index in [-0.39, 0.29) is 17.6 Å². The maximum atomic E-state index is 13.4. The van der Waals surface area contributed by atoms with E-state index < -0.39 is 11.7 Å². The van der Waals surface area contributed by atoms with E-state index in [1.54, 1.807) is 43.6 Å². The van der Waals surface area contributed by atoms with Crippen LogP contribution in [0, 0.1) is 17.1 Å². The average molecular weight is 500 g/mol. The number of thioether (sulfide) groups is 1. The number of rotatable bonds is 7. The largest absolute Gasteiger partial charge is 0.353 e. The Bertz CT molecular complexity index is 1370. The number of para-hydroxylation sites is 1. The molecule has 0 fully saturated rings. The Balaban J connectivity index is 1.60. The van der Waals surface area contributed by atoms with Crippen molar-refractivity contribution in [2.45, 2.75) is 12.8 Å². The molecule has 9 heteroatoms. The van der Waals surface area contributed by atoms with Crippen molar-refractivity contribution >= 4 is 35.0 Å². The SMILES string of the molecule is CC1=C(C(=O)Nc2ccccc2)[C@H](c2ccncc2)C(C#N)=C(SCC(=O)Nc2ccc(F)cc2)N1. The fourth-order valence-corrected chi connectivity index (χ4v) is 4.70. The number of hydrogen-bond acceptors (Lipinski definition) is 6. The zero-order chi connectivity index (χ0) is 25.5. The first-order valence-electron chi connectivity index (χ1n) is 11.0. The van der Waals surface area contributed by atoms with E-state index in [1.807, 2.05) is 18.2 Å². The van der Waals surface area contributed by atoms with E-state index in [9.17, 15) is 19.2 Å². The van der Waals surface area contributed by atoms with Crippen molar-refractivity contribution in [2.24, 2.45) is 0 Å². The number of halogens is 1. The highest BCUT2D eigenvalue weighted by Gasteiger charge is 2.34. The summed E-state index contributed by atoms with van der Waals surface area (Å²) >= 11 is 1.16. The first kappa shape index (κ1) is 24.7. The van der Waals surface area contributed by atoms with Crippen molar-refractivity contribution in [1.29, 1.82) is 5.26 Å². The van der Waals surface area contributed by atoms with Gasteiger partial charge < -0.3 is 16.0 Å². The molecule has 0 spiro atoms. The molecule has 1 atom stereocenters. The van der Waals surface area contributed by atoms with Crippen LogP contribution in [-0.4, -0.2) is 22.6 Å². The van der Waals surface area contributed by atoms with Crippen molar-refractivity contribution < 1.29 is 14.0 Å². The van der Waals surface area contributed by atoms with Gasteiger partial charge in [-0.25, -0.2) is 4.39 Å². The minimum atomic E-state index is -0.648. The molecule has 0 radical (unpaired) electrons. The topological polar surface area (TPSA) is 107 Å². The lowest BCUT2D eigenvalue weighted by molar-refractivity contribution is -0.114. The summed E-state index contributed by atoms with van der Waals surface area (Å²) in [4.78, 5) is 29.9. The van der Waals surface area contributed by atoms with Crippen molar-refractivity contribution in [1.82, 2.24) is 10.3 Å². The van der Waals surface area contributed by atoms with Gasteiger partial charge in [-0.1, -0.05) is 30.0 Å². The second-order valence-corrected chi connectivity index (χ2v) is 8.88. The average Bonchev–Trinajstić information content (AvgIpc) is 2.89. The molecule has 0 unspecified atom stereocenters. The van der Waals surface area contributed by atoms with Gasteiger partial charge in [-0.2, -0.15) is 5.26 Å². The van der Waals surface area contributed by atoms with E-state index in [4.69, 9.17) is 0 Å². The number of pyridine rings is 1. The van der Waals surface area contributed by atoms with Gasteiger partial charge in [0, 0.05) is 35.0 Å². The Hall–Kier alpha value is -4.42. The molecule has 0 saturated carbocycles. The Morgan fingerprint density at radius 3 is 2.36 bits per heavy atom. The van der Waals surface area contributed by atoms with Crippen LogP contribution in [0.2, 0.25) is 0 Å². The number of carbonyl (C=O) groups excluding carboxylic acids is 2. The number of dihydropyridines is 1. The fraction of sp³-hybridized carbons (Fsp3) is 0.111. The summed E-state index contributed by atoms with van der Waals surface area (Å²) in [6.07, 6.45) is 3.22.